The van der Waals surface area contributed by atoms with Gasteiger partial charge in [0.15, 0.2) is 0 Å². The van der Waals surface area contributed by atoms with Crippen molar-refractivity contribution in [3.05, 3.63) is 175 Å². The fourth-order valence-electron chi connectivity index (χ4n) is 10.9. The lowest BCUT2D eigenvalue weighted by molar-refractivity contribution is 0.591. The number of furan rings is 2. The van der Waals surface area contributed by atoms with Crippen LogP contribution >= 0.6 is 22.7 Å². The molecule has 2 aliphatic heterocycles. The topological polar surface area (TPSA) is 32.8 Å². The minimum absolute atomic E-state index is 0.0198. The van der Waals surface area contributed by atoms with Crippen molar-refractivity contribution in [1.82, 2.24) is 0 Å². The molecule has 0 saturated heterocycles. The molecule has 332 valence electrons. The summed E-state index contributed by atoms with van der Waals surface area (Å²) in [5.74, 6) is 0.280. The number of rotatable bonds is 5. The van der Waals surface area contributed by atoms with E-state index in [1.165, 1.54) is 74.6 Å². The Balaban J connectivity index is 1.14. The van der Waals surface area contributed by atoms with Crippen LogP contribution in [0.4, 0.5) is 32.8 Å². The summed E-state index contributed by atoms with van der Waals surface area (Å²) in [5.41, 5.74) is 19.1. The minimum atomic E-state index is -0.0230. The summed E-state index contributed by atoms with van der Waals surface area (Å²) < 4.78 is 14.9. The van der Waals surface area contributed by atoms with Crippen molar-refractivity contribution in [1.29, 1.82) is 0 Å². The molecule has 13 rings (SSSR count). The van der Waals surface area contributed by atoms with Crippen molar-refractivity contribution in [3.63, 3.8) is 0 Å². The summed E-state index contributed by atoms with van der Waals surface area (Å²) in [7, 11) is 0. The van der Waals surface area contributed by atoms with E-state index in [0.717, 1.165) is 55.6 Å². The maximum atomic E-state index is 6.15. The average molecular weight is 919 g/mol. The molecule has 0 saturated carbocycles. The molecule has 6 heterocycles. The van der Waals surface area contributed by atoms with E-state index in [-0.39, 0.29) is 23.5 Å². The Morgan fingerprint density at radius 1 is 0.471 bits per heavy atom. The van der Waals surface area contributed by atoms with Gasteiger partial charge in [0.1, 0.15) is 11.2 Å². The highest BCUT2D eigenvalue weighted by atomic mass is 32.1. The van der Waals surface area contributed by atoms with E-state index in [2.05, 4.69) is 199 Å². The lowest BCUT2D eigenvalue weighted by Crippen LogP contribution is -2.60. The smallest absolute Gasteiger partial charge is 0.256 e. The first-order valence-electron chi connectivity index (χ1n) is 23.9. The van der Waals surface area contributed by atoms with Gasteiger partial charge in [-0.2, -0.15) is 0 Å². The van der Waals surface area contributed by atoms with Crippen molar-refractivity contribution >= 4 is 121 Å². The molecular weight excluding hydrogens is 868 g/mol. The van der Waals surface area contributed by atoms with Gasteiger partial charge < -0.3 is 18.6 Å². The number of para-hydroxylation sites is 2. The van der Waals surface area contributed by atoms with Gasteiger partial charge in [-0.3, -0.25) is 0 Å². The van der Waals surface area contributed by atoms with E-state index in [1.807, 2.05) is 47.3 Å². The first-order chi connectivity index (χ1) is 32.8. The zero-order chi connectivity index (χ0) is 46.4. The molecule has 0 aliphatic carbocycles. The molecule has 0 N–H and O–H groups in total. The van der Waals surface area contributed by atoms with Gasteiger partial charge in [0.2, 0.25) is 0 Å². The molecule has 0 bridgehead atoms. The third kappa shape index (κ3) is 6.25. The number of thiophene rings is 2. The predicted molar refractivity (Wildman–Crippen MR) is 293 cm³/mol. The number of anilines is 6. The van der Waals surface area contributed by atoms with Gasteiger partial charge >= 0.3 is 0 Å². The SMILES string of the molecule is CC(C)c1cc2c3c(c1)N(c1cccc(-c4coc5ccccc45)c1)c1sc4ccc(C(C)(C)C)cc4c1B3c1c(sc3ccc(C(C)(C)C)cc13)N2c1cccc(-c2coc3ccccc23)c1. The summed E-state index contributed by atoms with van der Waals surface area (Å²) in [6.45, 7) is 18.7. The molecule has 4 nitrogen and oxygen atoms in total. The third-order valence-electron chi connectivity index (χ3n) is 14.5. The summed E-state index contributed by atoms with van der Waals surface area (Å²) in [5, 5.41) is 7.48. The molecule has 4 aromatic heterocycles. The van der Waals surface area contributed by atoms with E-state index in [0.29, 0.717) is 0 Å². The number of nitrogens with zero attached hydrogens (tertiary/aromatic N) is 2. The fourth-order valence-corrected chi connectivity index (χ4v) is 13.4. The Kier molecular flexibility index (Phi) is 9.04. The molecule has 0 radical (unpaired) electrons. The van der Waals surface area contributed by atoms with Gasteiger partial charge in [-0.1, -0.05) is 140 Å². The van der Waals surface area contributed by atoms with Crippen LogP contribution in [-0.2, 0) is 10.8 Å². The van der Waals surface area contributed by atoms with E-state index >= 15 is 0 Å². The molecule has 0 fully saturated rings. The fraction of sp³-hybridized carbons (Fsp3) is 0.180. The van der Waals surface area contributed by atoms with E-state index < -0.39 is 0 Å². The average Bonchev–Trinajstić information content (AvgIpc) is 4.13. The molecule has 7 aromatic carbocycles. The third-order valence-corrected chi connectivity index (χ3v) is 16.9. The van der Waals surface area contributed by atoms with Gasteiger partial charge in [0.05, 0.1) is 22.5 Å². The van der Waals surface area contributed by atoms with Crippen LogP contribution in [0.3, 0.4) is 0 Å². The molecule has 11 aromatic rings. The molecule has 0 unspecified atom stereocenters. The second-order valence-electron chi connectivity index (χ2n) is 21.2. The maximum Gasteiger partial charge on any atom is 0.256 e. The zero-order valence-corrected chi connectivity index (χ0v) is 41.3. The first-order valence-corrected chi connectivity index (χ1v) is 25.5. The molecule has 0 spiro atoms. The molecule has 2 aliphatic rings. The second kappa shape index (κ2) is 14.9. The van der Waals surface area contributed by atoms with E-state index in [9.17, 15) is 0 Å². The normalized spacial score (nSPS) is 13.6. The number of hydrogen-bond donors (Lipinski definition) is 0. The van der Waals surface area contributed by atoms with Crippen LogP contribution < -0.4 is 26.2 Å². The summed E-state index contributed by atoms with van der Waals surface area (Å²) in [6.07, 6.45) is 3.84. The van der Waals surface area contributed by atoms with E-state index in [1.54, 1.807) is 0 Å². The van der Waals surface area contributed by atoms with Crippen molar-refractivity contribution in [2.75, 3.05) is 9.80 Å². The van der Waals surface area contributed by atoms with E-state index in [4.69, 9.17) is 8.83 Å². The lowest BCUT2D eigenvalue weighted by atomic mass is 9.33. The lowest BCUT2D eigenvalue weighted by Gasteiger charge is -2.42. The van der Waals surface area contributed by atoms with Crippen LogP contribution in [0.1, 0.15) is 78.0 Å². The van der Waals surface area contributed by atoms with Crippen LogP contribution in [0.2, 0.25) is 0 Å². The number of fused-ring (bicyclic) bond motifs is 10. The Hall–Kier alpha value is -6.80. The number of benzene rings is 7. The van der Waals surface area contributed by atoms with Crippen LogP contribution in [0.5, 0.6) is 0 Å². The maximum absolute atomic E-state index is 6.15. The van der Waals surface area contributed by atoms with Gasteiger partial charge in [-0.25, -0.2) is 0 Å². The number of hydrogen-bond acceptors (Lipinski definition) is 6. The van der Waals surface area contributed by atoms with Gasteiger partial charge in [0.25, 0.3) is 6.71 Å². The van der Waals surface area contributed by atoms with Crippen molar-refractivity contribution in [2.24, 2.45) is 0 Å². The molecule has 0 amide bonds. The molecule has 0 atom stereocenters. The van der Waals surface area contributed by atoms with Crippen molar-refractivity contribution in [3.8, 4) is 22.3 Å². The van der Waals surface area contributed by atoms with Crippen LogP contribution in [0, 0.1) is 0 Å². The summed E-state index contributed by atoms with van der Waals surface area (Å²) in [6, 6.07) is 54.5. The quantitative estimate of drug-likeness (QED) is 0.161. The standard InChI is InChI=1S/C61H51BN2O2S2/c1-35(2)38-29-49-57-50(30-38)64(42-18-14-16-37(28-42)48-34-66-52-22-12-10-20-44(48)52)59-56(46-32-40(61(6,7)8)24-26-54(46)68-59)62(57)55-45-31-39(60(3,4)5)23-25-53(45)67-58(55)63(49)41-17-13-15-36(27-41)47-33-65-51-21-11-9-19-43(47)51/h9-35H,1-8H3. The Morgan fingerprint density at radius 2 is 0.926 bits per heavy atom. The van der Waals surface area contributed by atoms with Crippen LogP contribution in [-0.4, -0.2) is 6.71 Å². The van der Waals surface area contributed by atoms with Crippen molar-refractivity contribution < 1.29 is 8.83 Å². The monoisotopic (exact) mass is 918 g/mol. The largest absolute Gasteiger partial charge is 0.464 e. The Bertz CT molecular complexity index is 3610. The van der Waals surface area contributed by atoms with Gasteiger partial charge in [-0.05, 0) is 132 Å². The van der Waals surface area contributed by atoms with Crippen LogP contribution in [0.15, 0.2) is 167 Å². The summed E-state index contributed by atoms with van der Waals surface area (Å²) >= 11 is 3.86. The highest BCUT2D eigenvalue weighted by Crippen LogP contribution is 2.52. The van der Waals surface area contributed by atoms with Gasteiger partial charge in [0, 0.05) is 54.0 Å². The molecular formula is C61H51BN2O2S2. The minimum Gasteiger partial charge on any atom is -0.464 e. The van der Waals surface area contributed by atoms with Crippen molar-refractivity contribution in [2.45, 2.75) is 72.1 Å². The first kappa shape index (κ1) is 41.4. The van der Waals surface area contributed by atoms with Gasteiger partial charge in [-0.15, -0.1) is 22.7 Å². The zero-order valence-electron chi connectivity index (χ0n) is 39.7. The molecule has 7 heteroatoms. The predicted octanol–water partition coefficient (Wildman–Crippen LogP) is 16.7. The second-order valence-corrected chi connectivity index (χ2v) is 23.2. The Labute approximate surface area is 406 Å². The summed E-state index contributed by atoms with van der Waals surface area (Å²) in [4.78, 5) is 5.21. The van der Waals surface area contributed by atoms with Crippen LogP contribution in [0.25, 0.3) is 64.4 Å². The highest BCUT2D eigenvalue weighted by molar-refractivity contribution is 7.29. The highest BCUT2D eigenvalue weighted by Gasteiger charge is 2.47. The Morgan fingerprint density at radius 3 is 1.37 bits per heavy atom. The molecule has 68 heavy (non-hydrogen) atoms.